The van der Waals surface area contributed by atoms with Gasteiger partial charge >= 0.3 is 0 Å². The zero-order valence-electron chi connectivity index (χ0n) is 13.5. The Morgan fingerprint density at radius 1 is 0.840 bits per heavy atom. The van der Waals surface area contributed by atoms with Gasteiger partial charge in [0, 0.05) is 33.0 Å². The van der Waals surface area contributed by atoms with E-state index in [9.17, 15) is 9.59 Å². The van der Waals surface area contributed by atoms with Crippen LogP contribution in [0.5, 0.6) is 0 Å². The van der Waals surface area contributed by atoms with Gasteiger partial charge in [-0.05, 0) is 30.7 Å². The molecule has 0 saturated carbocycles. The van der Waals surface area contributed by atoms with Crippen molar-refractivity contribution in [2.24, 2.45) is 0 Å². The molecule has 0 saturated heterocycles. The first-order valence-electron chi connectivity index (χ1n) is 8.17. The molecule has 0 unspecified atom stereocenters. The van der Waals surface area contributed by atoms with E-state index in [1.807, 2.05) is 48.5 Å². The summed E-state index contributed by atoms with van der Waals surface area (Å²) in [5.41, 5.74) is 5.21. The zero-order valence-corrected chi connectivity index (χ0v) is 13.5. The van der Waals surface area contributed by atoms with Gasteiger partial charge in [-0.15, -0.1) is 0 Å². The van der Waals surface area contributed by atoms with Crippen LogP contribution >= 0.6 is 0 Å². The van der Waals surface area contributed by atoms with Crippen LogP contribution in [-0.2, 0) is 0 Å². The number of hydrogen-bond acceptors (Lipinski definition) is 3. The Kier molecular flexibility index (Phi) is 2.72. The van der Waals surface area contributed by atoms with Gasteiger partial charge in [-0.3, -0.25) is 9.59 Å². The average Bonchev–Trinajstić information content (AvgIpc) is 2.64. The van der Waals surface area contributed by atoms with Crippen molar-refractivity contribution in [2.45, 2.75) is 6.92 Å². The minimum atomic E-state index is -0.0495. The van der Waals surface area contributed by atoms with Crippen LogP contribution < -0.4 is 0 Å². The van der Waals surface area contributed by atoms with Crippen molar-refractivity contribution in [3.8, 4) is 11.1 Å². The standard InChI is InChI=1S/C22H13NO2/c1-12(24)13-10-11-17-20-19(14-6-2-3-7-15(14)22(17)25)16-8-4-5-9-18(16)23-21(13)20/h2-11H,1H3. The van der Waals surface area contributed by atoms with Crippen molar-refractivity contribution in [1.29, 1.82) is 0 Å². The van der Waals surface area contributed by atoms with E-state index in [2.05, 4.69) is 0 Å². The fourth-order valence-corrected chi connectivity index (χ4v) is 3.80. The van der Waals surface area contributed by atoms with Crippen LogP contribution in [0.2, 0.25) is 0 Å². The first-order chi connectivity index (χ1) is 12.2. The molecule has 0 aliphatic heterocycles. The van der Waals surface area contributed by atoms with E-state index >= 15 is 0 Å². The molecule has 1 aliphatic carbocycles. The van der Waals surface area contributed by atoms with Gasteiger partial charge in [-0.1, -0.05) is 42.5 Å². The monoisotopic (exact) mass is 323 g/mol. The molecule has 0 amide bonds. The van der Waals surface area contributed by atoms with Gasteiger partial charge in [0.05, 0.1) is 11.0 Å². The molecule has 5 rings (SSSR count). The molecule has 0 atom stereocenters. The van der Waals surface area contributed by atoms with Crippen LogP contribution in [0.1, 0.15) is 33.2 Å². The highest BCUT2D eigenvalue weighted by Gasteiger charge is 2.28. The average molecular weight is 323 g/mol. The molecule has 3 nitrogen and oxygen atoms in total. The number of benzene rings is 3. The fourth-order valence-electron chi connectivity index (χ4n) is 3.80. The summed E-state index contributed by atoms with van der Waals surface area (Å²) in [5.74, 6) is -0.0631. The van der Waals surface area contributed by atoms with Gasteiger partial charge in [-0.2, -0.15) is 0 Å². The van der Waals surface area contributed by atoms with Crippen LogP contribution in [0.4, 0.5) is 0 Å². The van der Waals surface area contributed by atoms with E-state index in [1.54, 1.807) is 12.1 Å². The lowest BCUT2D eigenvalue weighted by Gasteiger charge is -2.22. The second kappa shape index (κ2) is 4.84. The summed E-state index contributed by atoms with van der Waals surface area (Å²) in [7, 11) is 0. The van der Waals surface area contributed by atoms with E-state index in [0.29, 0.717) is 22.2 Å². The van der Waals surface area contributed by atoms with Gasteiger partial charge in [-0.25, -0.2) is 4.98 Å². The first kappa shape index (κ1) is 14.1. The smallest absolute Gasteiger partial charge is 0.194 e. The van der Waals surface area contributed by atoms with Crippen LogP contribution in [0, 0.1) is 0 Å². The number of Topliss-reactive ketones (excluding diaryl/α,β-unsaturated/α-hetero) is 1. The fraction of sp³-hybridized carbons (Fsp3) is 0.0455. The maximum atomic E-state index is 13.0. The maximum absolute atomic E-state index is 13.0. The highest BCUT2D eigenvalue weighted by Crippen LogP contribution is 2.43. The van der Waals surface area contributed by atoms with Gasteiger partial charge in [0.15, 0.2) is 11.6 Å². The molecular weight excluding hydrogens is 310 g/mol. The minimum absolute atomic E-state index is 0.0136. The van der Waals surface area contributed by atoms with E-state index in [4.69, 9.17) is 4.98 Å². The molecule has 1 heterocycles. The Hall–Kier alpha value is -3.33. The van der Waals surface area contributed by atoms with E-state index in [1.165, 1.54) is 6.92 Å². The SMILES string of the molecule is CC(=O)c1ccc2c3c(c4ccccc4nc13)-c1ccccc1C2=O. The number of fused-ring (bicyclic) bond motifs is 4. The Bertz CT molecular complexity index is 1240. The molecule has 1 aliphatic rings. The van der Waals surface area contributed by atoms with E-state index in [-0.39, 0.29) is 11.6 Å². The number of hydrogen-bond donors (Lipinski definition) is 0. The highest BCUT2D eigenvalue weighted by molar-refractivity contribution is 6.30. The summed E-state index contributed by atoms with van der Waals surface area (Å²) in [6.45, 7) is 1.53. The Morgan fingerprint density at radius 3 is 2.36 bits per heavy atom. The van der Waals surface area contributed by atoms with Gasteiger partial charge < -0.3 is 0 Å². The molecule has 0 radical (unpaired) electrons. The molecule has 0 fully saturated rings. The maximum Gasteiger partial charge on any atom is 0.194 e. The third-order valence-corrected chi connectivity index (χ3v) is 4.90. The molecule has 3 heteroatoms. The number of rotatable bonds is 1. The molecule has 0 bridgehead atoms. The molecule has 118 valence electrons. The molecule has 0 N–H and O–H groups in total. The van der Waals surface area contributed by atoms with Crippen molar-refractivity contribution in [2.75, 3.05) is 0 Å². The van der Waals surface area contributed by atoms with Crippen LogP contribution in [0.3, 0.4) is 0 Å². The molecule has 25 heavy (non-hydrogen) atoms. The van der Waals surface area contributed by atoms with Crippen molar-refractivity contribution >= 4 is 33.4 Å². The van der Waals surface area contributed by atoms with E-state index in [0.717, 1.165) is 27.4 Å². The third-order valence-electron chi connectivity index (χ3n) is 4.90. The number of nitrogens with zero attached hydrogens (tertiary/aromatic N) is 1. The molecular formula is C22H13NO2. The normalized spacial score (nSPS) is 12.4. The van der Waals surface area contributed by atoms with Gasteiger partial charge in [0.1, 0.15) is 0 Å². The summed E-state index contributed by atoms with van der Waals surface area (Å²) in [5, 5.41) is 1.78. The number of pyridine rings is 1. The lowest BCUT2D eigenvalue weighted by atomic mass is 9.81. The topological polar surface area (TPSA) is 47.0 Å². The predicted octanol–water partition coefficient (Wildman–Crippen LogP) is 4.80. The van der Waals surface area contributed by atoms with E-state index < -0.39 is 0 Å². The van der Waals surface area contributed by atoms with Crippen molar-refractivity contribution in [3.63, 3.8) is 0 Å². The summed E-state index contributed by atoms with van der Waals surface area (Å²) in [6.07, 6.45) is 0. The highest BCUT2D eigenvalue weighted by atomic mass is 16.1. The summed E-state index contributed by atoms with van der Waals surface area (Å²) in [4.78, 5) is 29.9. The lowest BCUT2D eigenvalue weighted by molar-refractivity contribution is 0.101. The molecule has 1 aromatic heterocycles. The number of para-hydroxylation sites is 1. The molecule has 3 aromatic carbocycles. The molecule has 0 spiro atoms. The van der Waals surface area contributed by atoms with Crippen molar-refractivity contribution in [1.82, 2.24) is 4.98 Å². The Morgan fingerprint density at radius 2 is 1.56 bits per heavy atom. The quantitative estimate of drug-likeness (QED) is 0.329. The Balaban J connectivity index is 2.13. The largest absolute Gasteiger partial charge is 0.294 e. The summed E-state index contributed by atoms with van der Waals surface area (Å²) >= 11 is 0. The number of carbonyl (C=O) groups is 2. The van der Waals surface area contributed by atoms with Gasteiger partial charge in [0.25, 0.3) is 0 Å². The minimum Gasteiger partial charge on any atom is -0.294 e. The van der Waals surface area contributed by atoms with Crippen molar-refractivity contribution in [3.05, 3.63) is 77.4 Å². The first-order valence-corrected chi connectivity index (χ1v) is 8.17. The Labute approximate surface area is 143 Å². The second-order valence-corrected chi connectivity index (χ2v) is 6.32. The third kappa shape index (κ3) is 1.78. The lowest BCUT2D eigenvalue weighted by Crippen LogP contribution is -2.12. The van der Waals surface area contributed by atoms with Crippen LogP contribution in [0.15, 0.2) is 60.7 Å². The molecule has 4 aromatic rings. The summed E-state index contributed by atoms with van der Waals surface area (Å²) in [6, 6.07) is 19.0. The van der Waals surface area contributed by atoms with Crippen LogP contribution in [0.25, 0.3) is 32.9 Å². The van der Waals surface area contributed by atoms with Crippen LogP contribution in [-0.4, -0.2) is 16.6 Å². The zero-order chi connectivity index (χ0) is 17.1. The number of carbonyl (C=O) groups excluding carboxylic acids is 2. The number of ketones is 2. The summed E-state index contributed by atoms with van der Waals surface area (Å²) < 4.78 is 0. The number of aromatic nitrogens is 1. The van der Waals surface area contributed by atoms with Gasteiger partial charge in [0.2, 0.25) is 0 Å². The predicted molar refractivity (Wildman–Crippen MR) is 98.1 cm³/mol. The second-order valence-electron chi connectivity index (χ2n) is 6.32. The van der Waals surface area contributed by atoms with Crippen molar-refractivity contribution < 1.29 is 9.59 Å².